The Morgan fingerprint density at radius 1 is 1.64 bits per heavy atom. The highest BCUT2D eigenvalue weighted by Crippen LogP contribution is 2.48. The first kappa shape index (κ1) is 10.1. The SMILES string of the molecule is CCCC(N)c1csc(C2(C)CC2)n1. The zero-order valence-electron chi connectivity index (χ0n) is 8.92. The number of thiazole rings is 1. The quantitative estimate of drug-likeness (QED) is 0.829. The molecule has 0 aromatic carbocycles. The Balaban J connectivity index is 2.09. The first-order chi connectivity index (χ1) is 6.65. The molecule has 0 saturated heterocycles. The maximum absolute atomic E-state index is 6.03. The van der Waals surface area contributed by atoms with Crippen molar-refractivity contribution in [1.29, 1.82) is 0 Å². The van der Waals surface area contributed by atoms with Gasteiger partial charge < -0.3 is 5.73 Å². The second kappa shape index (κ2) is 3.63. The lowest BCUT2D eigenvalue weighted by atomic mass is 10.1. The average Bonchev–Trinajstić information content (AvgIpc) is 2.72. The molecule has 2 nitrogen and oxygen atoms in total. The van der Waals surface area contributed by atoms with E-state index in [4.69, 9.17) is 5.73 Å². The lowest BCUT2D eigenvalue weighted by Crippen LogP contribution is -2.10. The number of rotatable bonds is 4. The summed E-state index contributed by atoms with van der Waals surface area (Å²) in [7, 11) is 0. The average molecular weight is 210 g/mol. The van der Waals surface area contributed by atoms with Crippen molar-refractivity contribution in [3.8, 4) is 0 Å². The third kappa shape index (κ3) is 1.84. The highest BCUT2D eigenvalue weighted by molar-refractivity contribution is 7.09. The van der Waals surface area contributed by atoms with Gasteiger partial charge in [-0.2, -0.15) is 0 Å². The molecule has 1 aromatic heterocycles. The Bertz CT molecular complexity index is 315. The highest BCUT2D eigenvalue weighted by Gasteiger charge is 2.41. The van der Waals surface area contributed by atoms with E-state index in [-0.39, 0.29) is 6.04 Å². The van der Waals surface area contributed by atoms with Gasteiger partial charge in [0.05, 0.1) is 10.7 Å². The standard InChI is InChI=1S/C11H18N2S/c1-3-4-8(12)9-7-14-10(13-9)11(2)5-6-11/h7-8H,3-6,12H2,1-2H3. The minimum absolute atomic E-state index is 0.146. The Labute approximate surface area is 89.5 Å². The van der Waals surface area contributed by atoms with Crippen LogP contribution in [0.2, 0.25) is 0 Å². The molecule has 0 aliphatic heterocycles. The summed E-state index contributed by atoms with van der Waals surface area (Å²) in [5.41, 5.74) is 7.52. The summed E-state index contributed by atoms with van der Waals surface area (Å²) in [5.74, 6) is 0. The zero-order chi connectivity index (χ0) is 10.2. The van der Waals surface area contributed by atoms with Gasteiger partial charge in [-0.1, -0.05) is 20.3 Å². The molecule has 1 saturated carbocycles. The van der Waals surface area contributed by atoms with Crippen molar-refractivity contribution in [1.82, 2.24) is 4.98 Å². The van der Waals surface area contributed by atoms with Gasteiger partial charge >= 0.3 is 0 Å². The van der Waals surface area contributed by atoms with E-state index < -0.39 is 0 Å². The molecule has 1 aliphatic rings. The van der Waals surface area contributed by atoms with E-state index in [9.17, 15) is 0 Å². The van der Waals surface area contributed by atoms with Crippen LogP contribution in [0.3, 0.4) is 0 Å². The van der Waals surface area contributed by atoms with E-state index in [2.05, 4.69) is 24.2 Å². The van der Waals surface area contributed by atoms with Gasteiger partial charge in [-0.3, -0.25) is 0 Å². The van der Waals surface area contributed by atoms with Gasteiger partial charge in [0, 0.05) is 16.8 Å². The smallest absolute Gasteiger partial charge is 0.0988 e. The van der Waals surface area contributed by atoms with Crippen LogP contribution in [0.1, 0.15) is 56.3 Å². The molecule has 1 aromatic rings. The topological polar surface area (TPSA) is 38.9 Å². The molecule has 1 atom stereocenters. The van der Waals surface area contributed by atoms with E-state index in [0.717, 1.165) is 18.5 Å². The summed E-state index contributed by atoms with van der Waals surface area (Å²) in [6.45, 7) is 4.45. The first-order valence-electron chi connectivity index (χ1n) is 5.37. The van der Waals surface area contributed by atoms with Crippen molar-refractivity contribution in [2.24, 2.45) is 5.73 Å². The monoisotopic (exact) mass is 210 g/mol. The van der Waals surface area contributed by atoms with Gasteiger partial charge in [-0.25, -0.2) is 4.98 Å². The fourth-order valence-corrected chi connectivity index (χ4v) is 2.70. The molecule has 0 bridgehead atoms. The van der Waals surface area contributed by atoms with E-state index in [1.54, 1.807) is 11.3 Å². The van der Waals surface area contributed by atoms with Crippen LogP contribution in [0.25, 0.3) is 0 Å². The van der Waals surface area contributed by atoms with Gasteiger partial charge in [0.15, 0.2) is 0 Å². The summed E-state index contributed by atoms with van der Waals surface area (Å²) in [5, 5.41) is 3.43. The molecule has 14 heavy (non-hydrogen) atoms. The van der Waals surface area contributed by atoms with Crippen LogP contribution in [-0.2, 0) is 5.41 Å². The number of aromatic nitrogens is 1. The van der Waals surface area contributed by atoms with Crippen LogP contribution in [0.5, 0.6) is 0 Å². The first-order valence-corrected chi connectivity index (χ1v) is 6.25. The minimum Gasteiger partial charge on any atom is -0.323 e. The third-order valence-corrected chi connectivity index (χ3v) is 4.18. The Morgan fingerprint density at radius 3 is 2.93 bits per heavy atom. The summed E-state index contributed by atoms with van der Waals surface area (Å²) in [6, 6.07) is 0.146. The number of hydrogen-bond acceptors (Lipinski definition) is 3. The van der Waals surface area contributed by atoms with Crippen LogP contribution < -0.4 is 5.73 Å². The van der Waals surface area contributed by atoms with E-state index in [0.29, 0.717) is 5.41 Å². The Kier molecular flexibility index (Phi) is 2.62. The molecule has 2 N–H and O–H groups in total. The van der Waals surface area contributed by atoms with Crippen molar-refractivity contribution in [2.45, 2.75) is 51.0 Å². The van der Waals surface area contributed by atoms with Crippen LogP contribution in [0, 0.1) is 0 Å². The maximum atomic E-state index is 6.03. The summed E-state index contributed by atoms with van der Waals surface area (Å²) >= 11 is 1.78. The molecule has 78 valence electrons. The second-order valence-corrected chi connectivity index (χ2v) is 5.39. The maximum Gasteiger partial charge on any atom is 0.0988 e. The number of nitrogens with two attached hydrogens (primary N) is 1. The molecule has 3 heteroatoms. The number of hydrogen-bond donors (Lipinski definition) is 1. The van der Waals surface area contributed by atoms with Gasteiger partial charge in [0.1, 0.15) is 0 Å². The molecule has 0 amide bonds. The zero-order valence-corrected chi connectivity index (χ0v) is 9.73. The molecule has 0 radical (unpaired) electrons. The van der Waals surface area contributed by atoms with Crippen LogP contribution >= 0.6 is 11.3 Å². The van der Waals surface area contributed by atoms with Gasteiger partial charge in [-0.05, 0) is 19.3 Å². The van der Waals surface area contributed by atoms with Gasteiger partial charge in [-0.15, -0.1) is 11.3 Å². The predicted molar refractivity (Wildman–Crippen MR) is 60.5 cm³/mol. The summed E-state index contributed by atoms with van der Waals surface area (Å²) in [4.78, 5) is 4.66. The van der Waals surface area contributed by atoms with Crippen molar-refractivity contribution in [3.05, 3.63) is 16.1 Å². The summed E-state index contributed by atoms with van der Waals surface area (Å²) < 4.78 is 0. The van der Waals surface area contributed by atoms with Crippen molar-refractivity contribution >= 4 is 11.3 Å². The highest BCUT2D eigenvalue weighted by atomic mass is 32.1. The van der Waals surface area contributed by atoms with Gasteiger partial charge in [0.2, 0.25) is 0 Å². The van der Waals surface area contributed by atoms with Crippen LogP contribution in [0.15, 0.2) is 5.38 Å². The molecule has 1 unspecified atom stereocenters. The molecule has 1 heterocycles. The Morgan fingerprint density at radius 2 is 2.36 bits per heavy atom. The fraction of sp³-hybridized carbons (Fsp3) is 0.727. The van der Waals surface area contributed by atoms with Crippen LogP contribution in [-0.4, -0.2) is 4.98 Å². The van der Waals surface area contributed by atoms with E-state index >= 15 is 0 Å². The normalized spacial score (nSPS) is 20.8. The number of nitrogens with zero attached hydrogens (tertiary/aromatic N) is 1. The lowest BCUT2D eigenvalue weighted by molar-refractivity contribution is 0.619. The van der Waals surface area contributed by atoms with Crippen molar-refractivity contribution < 1.29 is 0 Å². The minimum atomic E-state index is 0.146. The third-order valence-electron chi connectivity index (χ3n) is 3.02. The molecule has 2 rings (SSSR count). The van der Waals surface area contributed by atoms with Gasteiger partial charge in [0.25, 0.3) is 0 Å². The predicted octanol–water partition coefficient (Wildman–Crippen LogP) is 2.99. The molecular formula is C11H18N2S. The molecule has 1 aliphatic carbocycles. The largest absolute Gasteiger partial charge is 0.323 e. The fourth-order valence-electron chi connectivity index (χ4n) is 1.59. The Hall–Kier alpha value is -0.410. The van der Waals surface area contributed by atoms with Crippen molar-refractivity contribution in [3.63, 3.8) is 0 Å². The second-order valence-electron chi connectivity index (χ2n) is 4.53. The summed E-state index contributed by atoms with van der Waals surface area (Å²) in [6.07, 6.45) is 4.76. The molecular weight excluding hydrogens is 192 g/mol. The lowest BCUT2D eigenvalue weighted by Gasteiger charge is -2.06. The van der Waals surface area contributed by atoms with E-state index in [1.165, 1.54) is 17.8 Å². The van der Waals surface area contributed by atoms with Crippen LogP contribution in [0.4, 0.5) is 0 Å². The van der Waals surface area contributed by atoms with E-state index in [1.807, 2.05) is 0 Å². The molecule has 1 fully saturated rings. The van der Waals surface area contributed by atoms with Crippen molar-refractivity contribution in [2.75, 3.05) is 0 Å². The molecule has 0 spiro atoms.